The minimum atomic E-state index is -1.27. The summed E-state index contributed by atoms with van der Waals surface area (Å²) in [4.78, 5) is 0. The topological polar surface area (TPSA) is 12.0 Å². The molecule has 18 heavy (non-hydrogen) atoms. The van der Waals surface area contributed by atoms with Gasteiger partial charge in [-0.15, -0.1) is 0 Å². The highest BCUT2D eigenvalue weighted by molar-refractivity contribution is 6.91. The van der Waals surface area contributed by atoms with Gasteiger partial charge in [0, 0.05) is 0 Å². The van der Waals surface area contributed by atoms with Crippen LogP contribution in [0.4, 0.5) is 0 Å². The number of allylic oxidation sites excluding steroid dienone is 4. The Morgan fingerprint density at radius 2 is 1.89 bits per heavy atom. The maximum Gasteiger partial charge on any atom is 0.195 e. The van der Waals surface area contributed by atoms with Crippen molar-refractivity contribution in [2.75, 3.05) is 0 Å². The molecule has 0 saturated carbocycles. The van der Waals surface area contributed by atoms with Crippen LogP contribution in [0, 0.1) is 6.92 Å². The number of nitrogens with one attached hydrogen (secondary N) is 1. The van der Waals surface area contributed by atoms with Gasteiger partial charge in [0.25, 0.3) is 0 Å². The molecule has 0 bridgehead atoms. The van der Waals surface area contributed by atoms with Gasteiger partial charge in [-0.3, -0.25) is 0 Å². The summed E-state index contributed by atoms with van der Waals surface area (Å²) in [6, 6.07) is 8.83. The minimum Gasteiger partial charge on any atom is -0.353 e. The van der Waals surface area contributed by atoms with Gasteiger partial charge in [-0.2, -0.15) is 0 Å². The Balaban J connectivity index is 2.33. The van der Waals surface area contributed by atoms with Crippen LogP contribution < -0.4 is 9.83 Å². The number of aryl methyl sites for hydroxylation is 1. The first-order chi connectivity index (χ1) is 8.47. The summed E-state index contributed by atoms with van der Waals surface area (Å²) in [7, 11) is -2.04. The van der Waals surface area contributed by atoms with E-state index in [0.29, 0.717) is 0 Å². The lowest BCUT2D eigenvalue weighted by molar-refractivity contribution is 1.30. The van der Waals surface area contributed by atoms with E-state index >= 15 is 0 Å². The zero-order valence-corrected chi connectivity index (χ0v) is 13.7. The zero-order chi connectivity index (χ0) is 13.2. The molecule has 0 spiro atoms. The minimum absolute atomic E-state index is 0.777. The first-order valence-electron chi connectivity index (χ1n) is 6.54. The third kappa shape index (κ3) is 3.31. The van der Waals surface area contributed by atoms with E-state index in [2.05, 4.69) is 73.7 Å². The molecular weight excluding hydrogens is 250 g/mol. The van der Waals surface area contributed by atoms with Gasteiger partial charge in [0.05, 0.1) is 0 Å². The second kappa shape index (κ2) is 5.38. The van der Waals surface area contributed by atoms with E-state index in [0.717, 1.165) is 6.42 Å². The molecule has 0 unspecified atom stereocenters. The fourth-order valence-corrected chi connectivity index (χ4v) is 8.03. The van der Waals surface area contributed by atoms with E-state index in [1.54, 1.807) is 5.20 Å². The predicted octanol–water partition coefficient (Wildman–Crippen LogP) is 3.04. The van der Waals surface area contributed by atoms with Crippen LogP contribution in [0.1, 0.15) is 12.0 Å². The van der Waals surface area contributed by atoms with E-state index in [9.17, 15) is 0 Å². The summed E-state index contributed by atoms with van der Waals surface area (Å²) in [5, 5.41) is 3.12. The van der Waals surface area contributed by atoms with Gasteiger partial charge in [-0.25, -0.2) is 0 Å². The van der Waals surface area contributed by atoms with Crippen LogP contribution in [0.25, 0.3) is 0 Å². The normalized spacial score (nSPS) is 15.3. The first-order valence-corrected chi connectivity index (χ1v) is 11.5. The van der Waals surface area contributed by atoms with Gasteiger partial charge in [-0.1, -0.05) is 72.9 Å². The van der Waals surface area contributed by atoms with Crippen molar-refractivity contribution in [3.8, 4) is 0 Å². The molecule has 2 rings (SSSR count). The molecule has 1 aliphatic rings. The quantitative estimate of drug-likeness (QED) is 0.831. The van der Waals surface area contributed by atoms with Crippen LogP contribution in [-0.2, 0) is 0 Å². The second-order valence-corrected chi connectivity index (χ2v) is 13.3. The molecule has 3 heteroatoms. The van der Waals surface area contributed by atoms with Crippen molar-refractivity contribution < 1.29 is 0 Å². The SMILES string of the molecule is Cc1ccccc1[Si](N[Si](C)(C)C)C1=CC=CC1. The second-order valence-electron chi connectivity index (χ2n) is 5.89. The van der Waals surface area contributed by atoms with E-state index in [1.807, 2.05) is 0 Å². The molecule has 0 amide bonds. The van der Waals surface area contributed by atoms with Crippen LogP contribution in [-0.4, -0.2) is 17.2 Å². The smallest absolute Gasteiger partial charge is 0.195 e. The lowest BCUT2D eigenvalue weighted by atomic mass is 10.2. The van der Waals surface area contributed by atoms with Gasteiger partial charge in [-0.05, 0) is 18.5 Å². The van der Waals surface area contributed by atoms with Crippen LogP contribution >= 0.6 is 0 Å². The molecule has 95 valence electrons. The predicted molar refractivity (Wildman–Crippen MR) is 84.9 cm³/mol. The molecule has 1 N–H and O–H groups in total. The van der Waals surface area contributed by atoms with Gasteiger partial charge in [0.2, 0.25) is 0 Å². The van der Waals surface area contributed by atoms with Gasteiger partial charge >= 0.3 is 0 Å². The number of hydrogen-bond acceptors (Lipinski definition) is 1. The molecular formula is C15H22NSi2. The highest BCUT2D eigenvalue weighted by atomic mass is 28.4. The Bertz CT molecular complexity index is 484. The van der Waals surface area contributed by atoms with E-state index in [-0.39, 0.29) is 0 Å². The lowest BCUT2D eigenvalue weighted by Crippen LogP contribution is -2.58. The van der Waals surface area contributed by atoms with Crippen molar-refractivity contribution in [3.63, 3.8) is 0 Å². The fourth-order valence-electron chi connectivity index (χ4n) is 2.18. The molecule has 0 fully saturated rings. The Hall–Kier alpha value is -0.906. The average Bonchev–Trinajstić information content (AvgIpc) is 2.79. The van der Waals surface area contributed by atoms with Crippen molar-refractivity contribution in [1.82, 2.24) is 4.65 Å². The molecule has 1 radical (unpaired) electrons. The standard InChI is InChI=1S/C15H22NSi2/c1-13-9-5-8-12-15(13)17(16-18(2,3)4)14-10-6-7-11-14/h5-10,12,16H,11H2,1-4H3. The van der Waals surface area contributed by atoms with Crippen molar-refractivity contribution in [1.29, 1.82) is 0 Å². The van der Waals surface area contributed by atoms with Gasteiger partial charge in [0.1, 0.15) is 8.24 Å². The molecule has 1 aliphatic carbocycles. The number of rotatable bonds is 4. The fraction of sp³-hybridized carbons (Fsp3) is 0.333. The molecule has 1 aromatic carbocycles. The van der Waals surface area contributed by atoms with E-state index in [4.69, 9.17) is 0 Å². The summed E-state index contributed by atoms with van der Waals surface area (Å²) >= 11 is 0. The maximum atomic E-state index is 3.99. The molecule has 0 heterocycles. The Morgan fingerprint density at radius 3 is 2.44 bits per heavy atom. The van der Waals surface area contributed by atoms with E-state index in [1.165, 1.54) is 10.8 Å². The third-order valence-electron chi connectivity index (χ3n) is 3.01. The monoisotopic (exact) mass is 272 g/mol. The molecule has 0 saturated heterocycles. The van der Waals surface area contributed by atoms with Crippen molar-refractivity contribution in [3.05, 3.63) is 53.3 Å². The highest BCUT2D eigenvalue weighted by Crippen LogP contribution is 2.15. The van der Waals surface area contributed by atoms with Crippen LogP contribution in [0.3, 0.4) is 0 Å². The zero-order valence-electron chi connectivity index (χ0n) is 11.7. The molecule has 1 nitrogen and oxygen atoms in total. The summed E-state index contributed by atoms with van der Waals surface area (Å²) < 4.78 is 3.99. The third-order valence-corrected chi connectivity index (χ3v) is 9.12. The highest BCUT2D eigenvalue weighted by Gasteiger charge is 2.27. The Labute approximate surface area is 113 Å². The Morgan fingerprint density at radius 1 is 1.17 bits per heavy atom. The average molecular weight is 273 g/mol. The Kier molecular flexibility index (Phi) is 4.05. The summed E-state index contributed by atoms with van der Waals surface area (Å²) in [6.07, 6.45) is 7.91. The van der Waals surface area contributed by atoms with Gasteiger partial charge < -0.3 is 4.65 Å². The number of hydrogen-bond donors (Lipinski definition) is 1. The molecule has 0 aliphatic heterocycles. The van der Waals surface area contributed by atoms with E-state index < -0.39 is 17.2 Å². The summed E-state index contributed by atoms with van der Waals surface area (Å²) in [6.45, 7) is 9.39. The van der Waals surface area contributed by atoms with Crippen molar-refractivity contribution >= 4 is 22.4 Å². The van der Waals surface area contributed by atoms with Crippen molar-refractivity contribution in [2.45, 2.75) is 33.0 Å². The molecule has 1 aromatic rings. The number of benzene rings is 1. The maximum absolute atomic E-state index is 3.99. The largest absolute Gasteiger partial charge is 0.353 e. The van der Waals surface area contributed by atoms with Gasteiger partial charge in [0.15, 0.2) is 8.96 Å². The lowest BCUT2D eigenvalue weighted by Gasteiger charge is -2.27. The van der Waals surface area contributed by atoms with Crippen molar-refractivity contribution in [2.24, 2.45) is 0 Å². The summed E-state index contributed by atoms with van der Waals surface area (Å²) in [5.41, 5.74) is 1.42. The first kappa shape index (κ1) is 13.5. The van der Waals surface area contributed by atoms with Crippen LogP contribution in [0.2, 0.25) is 19.6 Å². The van der Waals surface area contributed by atoms with Crippen LogP contribution in [0.5, 0.6) is 0 Å². The molecule has 0 aromatic heterocycles. The molecule has 0 atom stereocenters. The van der Waals surface area contributed by atoms with Crippen LogP contribution in [0.15, 0.2) is 47.7 Å². The summed E-state index contributed by atoms with van der Waals surface area (Å²) in [5.74, 6) is 0.